The van der Waals surface area contributed by atoms with Gasteiger partial charge in [-0.05, 0) is 24.1 Å². The van der Waals surface area contributed by atoms with Gasteiger partial charge in [0, 0.05) is 12.5 Å². The molecule has 118 valence electrons. The molecule has 3 aromatic rings. The van der Waals surface area contributed by atoms with Crippen molar-refractivity contribution in [1.29, 1.82) is 0 Å². The van der Waals surface area contributed by atoms with E-state index in [-0.39, 0.29) is 0 Å². The number of aromatic nitrogens is 1. The van der Waals surface area contributed by atoms with Crippen molar-refractivity contribution in [3.63, 3.8) is 0 Å². The summed E-state index contributed by atoms with van der Waals surface area (Å²) in [6.07, 6.45) is 2.83. The van der Waals surface area contributed by atoms with Crippen LogP contribution in [0.2, 0.25) is 0 Å². The number of allylic oxidation sites excluding steroid dienone is 1. The highest BCUT2D eigenvalue weighted by Gasteiger charge is 2.18. The lowest BCUT2D eigenvalue weighted by Gasteiger charge is -2.02. The van der Waals surface area contributed by atoms with Crippen molar-refractivity contribution in [3.8, 4) is 11.1 Å². The number of aryl methyl sites for hydroxylation is 1. The molecule has 0 unspecified atom stereocenters. The smallest absolute Gasteiger partial charge is 0.377 e. The molecule has 0 amide bonds. The van der Waals surface area contributed by atoms with E-state index in [2.05, 4.69) is 47.9 Å². The largest absolute Gasteiger partial charge is 0.498 e. The fraction of sp³-hybridized carbons (Fsp3) is 0.250. The average molecular weight is 308 g/mol. The normalized spacial score (nSPS) is 11.9. The molecule has 3 nitrogen and oxygen atoms in total. The minimum Gasteiger partial charge on any atom is -0.498 e. The summed E-state index contributed by atoms with van der Waals surface area (Å²) in [5.41, 5.74) is 4.34. The monoisotopic (exact) mass is 308 g/mol. The summed E-state index contributed by atoms with van der Waals surface area (Å²) < 4.78 is 13.7. The van der Waals surface area contributed by atoms with Crippen LogP contribution in [0.15, 0.2) is 58.7 Å². The molecule has 0 atom stereocenters. The third kappa shape index (κ3) is 3.14. The van der Waals surface area contributed by atoms with Crippen LogP contribution in [0.3, 0.4) is 0 Å². The summed E-state index contributed by atoms with van der Waals surface area (Å²) in [5, 5.41) is 0. The lowest BCUT2D eigenvalue weighted by molar-refractivity contribution is -0.652. The Morgan fingerprint density at radius 1 is 1.09 bits per heavy atom. The summed E-state index contributed by atoms with van der Waals surface area (Å²) >= 11 is 0. The quantitative estimate of drug-likeness (QED) is 0.504. The first kappa shape index (κ1) is 15.3. The third-order valence-corrected chi connectivity index (χ3v) is 3.94. The SMILES string of the molecule is CCOC(=Cc1oc2ccc(-c3ccccc3)cc2[n+]1C)CC. The van der Waals surface area contributed by atoms with Crippen molar-refractivity contribution >= 4 is 17.2 Å². The second-order valence-electron chi connectivity index (χ2n) is 5.45. The third-order valence-electron chi connectivity index (χ3n) is 3.94. The fourth-order valence-electron chi connectivity index (χ4n) is 2.67. The zero-order valence-electron chi connectivity index (χ0n) is 13.9. The Balaban J connectivity index is 2.06. The Bertz CT molecular complexity index is 831. The van der Waals surface area contributed by atoms with Crippen LogP contribution >= 0.6 is 0 Å². The first-order valence-electron chi connectivity index (χ1n) is 8.04. The summed E-state index contributed by atoms with van der Waals surface area (Å²) in [7, 11) is 2.02. The zero-order chi connectivity index (χ0) is 16.2. The minimum atomic E-state index is 0.668. The van der Waals surface area contributed by atoms with E-state index in [9.17, 15) is 0 Å². The molecule has 0 saturated heterocycles. The molecule has 0 aliphatic heterocycles. The lowest BCUT2D eigenvalue weighted by Crippen LogP contribution is -2.29. The second kappa shape index (κ2) is 6.69. The first-order valence-corrected chi connectivity index (χ1v) is 8.04. The number of benzene rings is 2. The maximum absolute atomic E-state index is 5.97. The van der Waals surface area contributed by atoms with Crippen molar-refractivity contribution in [1.82, 2.24) is 0 Å². The van der Waals surface area contributed by atoms with Crippen molar-refractivity contribution in [2.45, 2.75) is 20.3 Å². The molecular weight excluding hydrogens is 286 g/mol. The zero-order valence-corrected chi connectivity index (χ0v) is 13.9. The number of hydrogen-bond acceptors (Lipinski definition) is 2. The molecule has 0 N–H and O–H groups in total. The lowest BCUT2D eigenvalue weighted by atomic mass is 10.1. The highest BCUT2D eigenvalue weighted by molar-refractivity contribution is 5.78. The Labute approximate surface area is 136 Å². The Morgan fingerprint density at radius 2 is 1.87 bits per heavy atom. The number of nitrogens with zero attached hydrogens (tertiary/aromatic N) is 1. The fourth-order valence-corrected chi connectivity index (χ4v) is 2.67. The van der Waals surface area contributed by atoms with Gasteiger partial charge in [-0.15, -0.1) is 0 Å². The van der Waals surface area contributed by atoms with Gasteiger partial charge in [-0.1, -0.05) is 43.3 Å². The van der Waals surface area contributed by atoms with Gasteiger partial charge in [0.1, 0.15) is 12.8 Å². The molecular formula is C20H22NO2+. The molecule has 2 aromatic carbocycles. The molecule has 0 aliphatic rings. The maximum Gasteiger partial charge on any atom is 0.377 e. The van der Waals surface area contributed by atoms with Gasteiger partial charge in [0.05, 0.1) is 12.7 Å². The van der Waals surface area contributed by atoms with E-state index in [4.69, 9.17) is 9.15 Å². The Hall–Kier alpha value is -2.55. The molecule has 0 aliphatic carbocycles. The van der Waals surface area contributed by atoms with Gasteiger partial charge in [0.15, 0.2) is 0 Å². The molecule has 3 heteroatoms. The van der Waals surface area contributed by atoms with E-state index in [1.54, 1.807) is 0 Å². The molecule has 23 heavy (non-hydrogen) atoms. The molecule has 0 saturated carbocycles. The van der Waals surface area contributed by atoms with Crippen LogP contribution in [0.4, 0.5) is 0 Å². The number of oxazole rings is 1. The summed E-state index contributed by atoms with van der Waals surface area (Å²) in [6, 6.07) is 16.7. The maximum atomic E-state index is 5.97. The minimum absolute atomic E-state index is 0.668. The number of hydrogen-bond donors (Lipinski definition) is 0. The molecule has 0 spiro atoms. The van der Waals surface area contributed by atoms with E-state index in [1.165, 1.54) is 11.1 Å². The number of fused-ring (bicyclic) bond motifs is 1. The van der Waals surface area contributed by atoms with Crippen molar-refractivity contribution < 1.29 is 13.7 Å². The predicted octanol–water partition coefficient (Wildman–Crippen LogP) is 4.71. The topological polar surface area (TPSA) is 26.2 Å². The predicted molar refractivity (Wildman–Crippen MR) is 92.7 cm³/mol. The average Bonchev–Trinajstić information content (AvgIpc) is 2.90. The van der Waals surface area contributed by atoms with Gasteiger partial charge in [0.25, 0.3) is 5.52 Å². The standard InChI is InChI=1S/C20H22NO2/c1-4-17(22-5-2)14-20-21(3)18-13-16(11-12-19(18)23-20)15-9-7-6-8-10-15/h6-14H,4-5H2,1-3H3/q+1. The van der Waals surface area contributed by atoms with E-state index >= 15 is 0 Å². The molecule has 0 fully saturated rings. The second-order valence-corrected chi connectivity index (χ2v) is 5.45. The van der Waals surface area contributed by atoms with Crippen LogP contribution in [-0.2, 0) is 11.8 Å². The summed E-state index contributed by atoms with van der Waals surface area (Å²) in [6.45, 7) is 4.74. The van der Waals surface area contributed by atoms with Crippen LogP contribution in [0.1, 0.15) is 26.2 Å². The highest BCUT2D eigenvalue weighted by Crippen LogP contribution is 2.24. The van der Waals surface area contributed by atoms with E-state index < -0.39 is 0 Å². The number of rotatable bonds is 5. The van der Waals surface area contributed by atoms with Crippen LogP contribution < -0.4 is 4.57 Å². The van der Waals surface area contributed by atoms with Crippen LogP contribution in [0.25, 0.3) is 28.3 Å². The van der Waals surface area contributed by atoms with Crippen molar-refractivity contribution in [2.75, 3.05) is 6.61 Å². The van der Waals surface area contributed by atoms with E-state index in [0.717, 1.165) is 29.2 Å². The van der Waals surface area contributed by atoms with E-state index in [0.29, 0.717) is 6.61 Å². The van der Waals surface area contributed by atoms with Crippen molar-refractivity contribution in [3.05, 3.63) is 60.2 Å². The van der Waals surface area contributed by atoms with Crippen LogP contribution in [0, 0.1) is 0 Å². The molecule has 0 bridgehead atoms. The van der Waals surface area contributed by atoms with Gasteiger partial charge >= 0.3 is 5.89 Å². The van der Waals surface area contributed by atoms with Gasteiger partial charge < -0.3 is 9.15 Å². The van der Waals surface area contributed by atoms with Gasteiger partial charge in [-0.2, -0.15) is 4.57 Å². The summed E-state index contributed by atoms with van der Waals surface area (Å²) in [4.78, 5) is 0. The van der Waals surface area contributed by atoms with Crippen LogP contribution in [-0.4, -0.2) is 6.61 Å². The molecule has 1 aromatic heterocycles. The Kier molecular flexibility index (Phi) is 4.47. The molecule has 1 heterocycles. The van der Waals surface area contributed by atoms with Gasteiger partial charge in [-0.3, -0.25) is 0 Å². The van der Waals surface area contributed by atoms with Gasteiger partial charge in [-0.25, -0.2) is 0 Å². The molecule has 3 rings (SSSR count). The number of ether oxygens (including phenoxy) is 1. The Morgan fingerprint density at radius 3 is 2.57 bits per heavy atom. The van der Waals surface area contributed by atoms with Gasteiger partial charge in [0.2, 0.25) is 5.58 Å². The van der Waals surface area contributed by atoms with E-state index in [1.807, 2.05) is 32.2 Å². The summed E-state index contributed by atoms with van der Waals surface area (Å²) in [5.74, 6) is 1.74. The van der Waals surface area contributed by atoms with Crippen molar-refractivity contribution in [2.24, 2.45) is 7.05 Å². The van der Waals surface area contributed by atoms with Crippen LogP contribution in [0.5, 0.6) is 0 Å². The first-order chi connectivity index (χ1) is 11.2. The molecule has 0 radical (unpaired) electrons. The highest BCUT2D eigenvalue weighted by atomic mass is 16.5.